The predicted molar refractivity (Wildman–Crippen MR) is 38.4 cm³/mol. The summed E-state index contributed by atoms with van der Waals surface area (Å²) in [6.45, 7) is 0.277. The van der Waals surface area contributed by atoms with Crippen LogP contribution >= 0.6 is 22.9 Å². The Labute approximate surface area is 61.9 Å². The van der Waals surface area contributed by atoms with Crippen LogP contribution in [0, 0.1) is 0 Å². The lowest BCUT2D eigenvalue weighted by molar-refractivity contribution is 0.483. The van der Waals surface area contributed by atoms with Gasteiger partial charge in [-0.2, -0.15) is 8.42 Å². The van der Waals surface area contributed by atoms with Crippen molar-refractivity contribution in [2.45, 2.75) is 0 Å². The maximum atomic E-state index is 9.90. The van der Waals surface area contributed by atoms with E-state index in [2.05, 4.69) is 3.53 Å². The maximum absolute atomic E-state index is 9.90. The van der Waals surface area contributed by atoms with Gasteiger partial charge in [0.1, 0.15) is 0 Å². The first-order valence-electron chi connectivity index (χ1n) is 1.85. The molecule has 4 nitrogen and oxygen atoms in total. The van der Waals surface area contributed by atoms with E-state index < -0.39 is 10.1 Å². The first-order chi connectivity index (χ1) is 3.56. The zero-order valence-corrected chi connectivity index (χ0v) is 6.94. The molecule has 0 saturated carbocycles. The highest BCUT2D eigenvalue weighted by atomic mass is 127. The topological polar surface area (TPSA) is 66.4 Å². The maximum Gasteiger partial charge on any atom is 0.266 e. The molecule has 2 N–H and O–H groups in total. The molecule has 0 unspecified atom stereocenters. The number of hydrogen-bond acceptors (Lipinski definition) is 3. The summed E-state index contributed by atoms with van der Waals surface area (Å²) >= 11 is 1.80. The predicted octanol–water partition coefficient (Wildman–Crippen LogP) is -0.186. The zero-order chi connectivity index (χ0) is 6.62. The average Bonchev–Trinajstić information content (AvgIpc) is 1.59. The highest BCUT2D eigenvalue weighted by Gasteiger charge is 2.00. The minimum Gasteiger partial charge on any atom is -0.286 e. The van der Waals surface area contributed by atoms with Gasteiger partial charge in [0.2, 0.25) is 0 Å². The summed E-state index contributed by atoms with van der Waals surface area (Å²) < 4.78 is 30.4. The van der Waals surface area contributed by atoms with Gasteiger partial charge in [-0.25, -0.2) is 0 Å². The fourth-order valence-corrected chi connectivity index (χ4v) is 1.16. The fourth-order valence-electron chi connectivity index (χ4n) is 0.168. The number of rotatable bonds is 3. The molecule has 0 aromatic heterocycles. The van der Waals surface area contributed by atoms with E-state index in [0.29, 0.717) is 0 Å². The van der Waals surface area contributed by atoms with Crippen molar-refractivity contribution in [3.05, 3.63) is 0 Å². The van der Waals surface area contributed by atoms with E-state index >= 15 is 0 Å². The third kappa shape index (κ3) is 6.60. The van der Waals surface area contributed by atoms with Crippen LogP contribution in [0.1, 0.15) is 0 Å². The van der Waals surface area contributed by atoms with Crippen LogP contribution in [-0.2, 0) is 10.1 Å². The third-order valence-corrected chi connectivity index (χ3v) is 1.71. The van der Waals surface area contributed by atoms with Crippen LogP contribution in [0.4, 0.5) is 0 Å². The molecule has 50 valence electrons. The average molecular weight is 251 g/mol. The van der Waals surface area contributed by atoms with Crippen molar-refractivity contribution < 1.29 is 13.0 Å². The Morgan fingerprint density at radius 3 is 2.25 bits per heavy atom. The molecular weight excluding hydrogens is 245 g/mol. The van der Waals surface area contributed by atoms with Crippen molar-refractivity contribution in [1.82, 2.24) is 3.53 Å². The molecule has 0 rings (SSSR count). The van der Waals surface area contributed by atoms with Gasteiger partial charge in [-0.05, 0) is 0 Å². The van der Waals surface area contributed by atoms with Crippen LogP contribution in [0.3, 0.4) is 0 Å². The highest BCUT2D eigenvalue weighted by Crippen LogP contribution is 1.79. The van der Waals surface area contributed by atoms with E-state index in [1.165, 1.54) is 0 Å². The van der Waals surface area contributed by atoms with Crippen molar-refractivity contribution >= 4 is 33.0 Å². The molecule has 0 aliphatic rings. The third-order valence-electron chi connectivity index (χ3n) is 0.455. The summed E-state index contributed by atoms with van der Waals surface area (Å²) in [6, 6.07) is 0. The molecule has 0 aliphatic carbocycles. The number of halogens is 1. The first-order valence-corrected chi connectivity index (χ1v) is 4.54. The molecule has 0 atom stereocenters. The molecule has 0 spiro atoms. The van der Waals surface area contributed by atoms with Crippen LogP contribution in [0.15, 0.2) is 0 Å². The van der Waals surface area contributed by atoms with Crippen molar-refractivity contribution in [3.8, 4) is 0 Å². The highest BCUT2D eigenvalue weighted by molar-refractivity contribution is 14.1. The summed E-state index contributed by atoms with van der Waals surface area (Å²) in [7, 11) is -3.75. The minimum atomic E-state index is -3.75. The van der Waals surface area contributed by atoms with Crippen LogP contribution in [-0.4, -0.2) is 25.3 Å². The Balaban J connectivity index is 3.42. The molecule has 0 aromatic carbocycles. The van der Waals surface area contributed by atoms with Gasteiger partial charge in [0.15, 0.2) is 0 Å². The Bertz CT molecular complexity index is 141. The lowest BCUT2D eigenvalue weighted by atomic mass is 10.8. The Morgan fingerprint density at radius 1 is 1.62 bits per heavy atom. The van der Waals surface area contributed by atoms with E-state index in [4.69, 9.17) is 4.55 Å². The Hall–Kier alpha value is 0.600. The van der Waals surface area contributed by atoms with Crippen molar-refractivity contribution in [2.24, 2.45) is 0 Å². The van der Waals surface area contributed by atoms with E-state index in [1.54, 1.807) is 22.9 Å². The molecule has 8 heavy (non-hydrogen) atoms. The monoisotopic (exact) mass is 251 g/mol. The van der Waals surface area contributed by atoms with Gasteiger partial charge in [0.25, 0.3) is 10.1 Å². The molecule has 0 saturated heterocycles. The van der Waals surface area contributed by atoms with Crippen molar-refractivity contribution in [1.29, 1.82) is 0 Å². The molecule has 0 radical (unpaired) electrons. The Kier molecular flexibility index (Phi) is 3.86. The van der Waals surface area contributed by atoms with Crippen LogP contribution < -0.4 is 3.53 Å². The Morgan fingerprint density at radius 2 is 2.12 bits per heavy atom. The van der Waals surface area contributed by atoms with Crippen molar-refractivity contribution in [3.63, 3.8) is 0 Å². The standard InChI is InChI=1S/C2H6INO3S/c3-4-1-2-8(5,6)7/h4H,1-2H2,(H,5,6,7). The zero-order valence-electron chi connectivity index (χ0n) is 3.96. The fraction of sp³-hybridized carbons (Fsp3) is 1.00. The lowest BCUT2D eigenvalue weighted by Crippen LogP contribution is -2.14. The molecule has 0 heterocycles. The molecule has 0 aliphatic heterocycles. The SMILES string of the molecule is O=S(=O)(O)CCNI. The van der Waals surface area contributed by atoms with Crippen LogP contribution in [0.5, 0.6) is 0 Å². The molecule has 0 amide bonds. The molecule has 0 fully saturated rings. The molecular formula is C2H6INO3S. The largest absolute Gasteiger partial charge is 0.286 e. The summed E-state index contributed by atoms with van der Waals surface area (Å²) in [5.41, 5.74) is 0. The van der Waals surface area contributed by atoms with E-state index in [0.717, 1.165) is 0 Å². The van der Waals surface area contributed by atoms with Gasteiger partial charge in [-0.3, -0.25) is 8.08 Å². The van der Waals surface area contributed by atoms with Gasteiger partial charge in [0.05, 0.1) is 5.75 Å². The number of hydrogen-bond donors (Lipinski definition) is 2. The lowest BCUT2D eigenvalue weighted by Gasteiger charge is -1.90. The smallest absolute Gasteiger partial charge is 0.266 e. The summed E-state index contributed by atoms with van der Waals surface area (Å²) in [5.74, 6) is -0.226. The normalized spacial score (nSPS) is 11.8. The summed E-state index contributed by atoms with van der Waals surface area (Å²) in [6.07, 6.45) is 0. The van der Waals surface area contributed by atoms with Gasteiger partial charge < -0.3 is 0 Å². The van der Waals surface area contributed by atoms with E-state index in [1.807, 2.05) is 0 Å². The van der Waals surface area contributed by atoms with Crippen LogP contribution in [0.2, 0.25) is 0 Å². The van der Waals surface area contributed by atoms with E-state index in [-0.39, 0.29) is 12.3 Å². The molecule has 0 aromatic rings. The van der Waals surface area contributed by atoms with Gasteiger partial charge in [-0.15, -0.1) is 0 Å². The van der Waals surface area contributed by atoms with E-state index in [9.17, 15) is 8.42 Å². The van der Waals surface area contributed by atoms with Crippen LogP contribution in [0.25, 0.3) is 0 Å². The summed E-state index contributed by atoms with van der Waals surface area (Å²) in [5, 5.41) is 0. The van der Waals surface area contributed by atoms with Gasteiger partial charge in [0, 0.05) is 29.4 Å². The second-order valence-electron chi connectivity index (χ2n) is 1.17. The van der Waals surface area contributed by atoms with Gasteiger partial charge in [-0.1, -0.05) is 0 Å². The molecule has 0 bridgehead atoms. The minimum absolute atomic E-state index is 0.226. The quantitative estimate of drug-likeness (QED) is 0.414. The molecule has 6 heteroatoms. The second kappa shape index (κ2) is 3.59. The summed E-state index contributed by atoms with van der Waals surface area (Å²) in [4.78, 5) is 0. The second-order valence-corrected chi connectivity index (χ2v) is 3.50. The van der Waals surface area contributed by atoms with Crippen molar-refractivity contribution in [2.75, 3.05) is 12.3 Å². The first kappa shape index (κ1) is 8.60. The van der Waals surface area contributed by atoms with Gasteiger partial charge >= 0.3 is 0 Å². The number of nitrogens with one attached hydrogen (secondary N) is 1.